The topological polar surface area (TPSA) is 77.2 Å². The Morgan fingerprint density at radius 1 is 1.52 bits per heavy atom. The van der Waals surface area contributed by atoms with Crippen molar-refractivity contribution in [3.05, 3.63) is 23.5 Å². The summed E-state index contributed by atoms with van der Waals surface area (Å²) >= 11 is 0. The summed E-state index contributed by atoms with van der Waals surface area (Å²) in [4.78, 5) is 16.6. The second kappa shape index (κ2) is 6.43. The first-order valence-electron chi connectivity index (χ1n) is 7.66. The predicted octanol–water partition coefficient (Wildman–Crippen LogP) is 2.44. The third-order valence-electron chi connectivity index (χ3n) is 4.47. The monoisotopic (exact) mass is 291 g/mol. The summed E-state index contributed by atoms with van der Waals surface area (Å²) in [5, 5.41) is 3.11. The number of amides is 1. The molecular weight excluding hydrogens is 266 g/mol. The number of rotatable bonds is 4. The minimum absolute atomic E-state index is 0.0969. The summed E-state index contributed by atoms with van der Waals surface area (Å²) in [6.45, 7) is 6.79. The van der Waals surface area contributed by atoms with Crippen LogP contribution in [0.3, 0.4) is 0 Å². The van der Waals surface area contributed by atoms with Crippen molar-refractivity contribution in [2.24, 2.45) is 0 Å². The number of aryl methyl sites for hydroxylation is 1. The minimum atomic E-state index is -0.0980. The minimum Gasteiger partial charge on any atom is -0.397 e. The number of nitrogens with zero attached hydrogens (tertiary/aromatic N) is 1. The first kappa shape index (κ1) is 15.8. The molecule has 1 atom stereocenters. The second-order valence-corrected chi connectivity index (χ2v) is 5.80. The molecule has 21 heavy (non-hydrogen) atoms. The smallest absolute Gasteiger partial charge is 0.253 e. The van der Waals surface area contributed by atoms with Gasteiger partial charge in [0, 0.05) is 12.6 Å². The molecule has 0 bridgehead atoms. The van der Waals surface area contributed by atoms with Crippen molar-refractivity contribution in [2.45, 2.75) is 58.1 Å². The highest BCUT2D eigenvalue weighted by molar-refractivity contribution is 5.96. The fourth-order valence-corrected chi connectivity index (χ4v) is 2.94. The number of pyridine rings is 1. The van der Waals surface area contributed by atoms with E-state index in [4.69, 9.17) is 10.5 Å². The number of aromatic nitrogens is 1. The summed E-state index contributed by atoms with van der Waals surface area (Å²) < 4.78 is 5.94. The van der Waals surface area contributed by atoms with E-state index in [1.165, 1.54) is 0 Å². The predicted molar refractivity (Wildman–Crippen MR) is 83.1 cm³/mol. The molecule has 1 aromatic rings. The van der Waals surface area contributed by atoms with Crippen molar-refractivity contribution in [1.29, 1.82) is 0 Å². The van der Waals surface area contributed by atoms with Gasteiger partial charge in [0.1, 0.15) is 0 Å². The zero-order valence-corrected chi connectivity index (χ0v) is 13.1. The van der Waals surface area contributed by atoms with E-state index in [-0.39, 0.29) is 17.6 Å². The highest BCUT2D eigenvalue weighted by atomic mass is 16.5. The SMILES string of the molecule is CCC1(CC)CC(NC(=O)c2cc(N)cnc2C)CCO1. The Morgan fingerprint density at radius 3 is 2.90 bits per heavy atom. The van der Waals surface area contributed by atoms with Gasteiger partial charge >= 0.3 is 0 Å². The maximum atomic E-state index is 12.4. The average Bonchev–Trinajstić information content (AvgIpc) is 2.49. The summed E-state index contributed by atoms with van der Waals surface area (Å²) in [6, 6.07) is 1.83. The Labute approximate surface area is 126 Å². The van der Waals surface area contributed by atoms with E-state index in [2.05, 4.69) is 24.1 Å². The van der Waals surface area contributed by atoms with Crippen LogP contribution in [0.4, 0.5) is 5.69 Å². The van der Waals surface area contributed by atoms with Gasteiger partial charge in [0.25, 0.3) is 5.91 Å². The van der Waals surface area contributed by atoms with Crippen LogP contribution in [0.15, 0.2) is 12.3 Å². The Balaban J connectivity index is 2.07. The van der Waals surface area contributed by atoms with Gasteiger partial charge in [0.2, 0.25) is 0 Å². The molecule has 1 amide bonds. The number of carbonyl (C=O) groups excluding carboxylic acids is 1. The van der Waals surface area contributed by atoms with Crippen LogP contribution in [0.1, 0.15) is 55.6 Å². The summed E-state index contributed by atoms with van der Waals surface area (Å²) in [5.74, 6) is -0.0969. The Morgan fingerprint density at radius 2 is 2.24 bits per heavy atom. The van der Waals surface area contributed by atoms with Gasteiger partial charge in [0.05, 0.1) is 28.7 Å². The average molecular weight is 291 g/mol. The molecule has 0 aliphatic carbocycles. The first-order chi connectivity index (χ1) is 9.99. The molecule has 0 saturated carbocycles. The summed E-state index contributed by atoms with van der Waals surface area (Å²) in [5.41, 5.74) is 7.39. The quantitative estimate of drug-likeness (QED) is 0.893. The molecule has 2 heterocycles. The number of hydrogen-bond acceptors (Lipinski definition) is 4. The van der Waals surface area contributed by atoms with E-state index in [9.17, 15) is 4.79 Å². The van der Waals surface area contributed by atoms with Crippen molar-refractivity contribution in [3.8, 4) is 0 Å². The third kappa shape index (κ3) is 3.53. The molecule has 1 aliphatic rings. The van der Waals surface area contributed by atoms with Crippen LogP contribution < -0.4 is 11.1 Å². The molecule has 1 saturated heterocycles. The lowest BCUT2D eigenvalue weighted by atomic mass is 9.86. The van der Waals surface area contributed by atoms with Crippen LogP contribution in [-0.4, -0.2) is 29.1 Å². The lowest BCUT2D eigenvalue weighted by Crippen LogP contribution is -2.48. The Kier molecular flexibility index (Phi) is 4.83. The Hall–Kier alpha value is -1.62. The summed E-state index contributed by atoms with van der Waals surface area (Å²) in [6.07, 6.45) is 5.21. The van der Waals surface area contributed by atoms with E-state index >= 15 is 0 Å². The number of carbonyl (C=O) groups is 1. The second-order valence-electron chi connectivity index (χ2n) is 5.80. The van der Waals surface area contributed by atoms with E-state index in [0.29, 0.717) is 23.6 Å². The molecule has 3 N–H and O–H groups in total. The molecule has 0 spiro atoms. The van der Waals surface area contributed by atoms with Gasteiger partial charge in [-0.05, 0) is 38.7 Å². The zero-order chi connectivity index (χ0) is 15.5. The van der Waals surface area contributed by atoms with Gasteiger partial charge in [-0.3, -0.25) is 9.78 Å². The van der Waals surface area contributed by atoms with Gasteiger partial charge in [0.15, 0.2) is 0 Å². The Bertz CT molecular complexity index is 512. The largest absolute Gasteiger partial charge is 0.397 e. The van der Waals surface area contributed by atoms with Crippen LogP contribution in [0.5, 0.6) is 0 Å². The number of nitrogens with one attached hydrogen (secondary N) is 1. The molecule has 0 radical (unpaired) electrons. The molecule has 5 heteroatoms. The molecule has 2 rings (SSSR count). The van der Waals surface area contributed by atoms with Gasteiger partial charge in [-0.15, -0.1) is 0 Å². The van der Waals surface area contributed by atoms with Gasteiger partial charge in [-0.2, -0.15) is 0 Å². The maximum absolute atomic E-state index is 12.4. The fraction of sp³-hybridized carbons (Fsp3) is 0.625. The highest BCUT2D eigenvalue weighted by Crippen LogP contribution is 2.31. The maximum Gasteiger partial charge on any atom is 0.253 e. The summed E-state index contributed by atoms with van der Waals surface area (Å²) in [7, 11) is 0. The van der Waals surface area contributed by atoms with E-state index in [1.54, 1.807) is 12.3 Å². The fourth-order valence-electron chi connectivity index (χ4n) is 2.94. The van der Waals surface area contributed by atoms with Crippen LogP contribution in [0, 0.1) is 6.92 Å². The molecule has 1 fully saturated rings. The van der Waals surface area contributed by atoms with E-state index in [0.717, 1.165) is 25.7 Å². The molecule has 0 aromatic carbocycles. The van der Waals surface area contributed by atoms with Crippen molar-refractivity contribution in [3.63, 3.8) is 0 Å². The number of hydrogen-bond donors (Lipinski definition) is 2. The molecule has 116 valence electrons. The van der Waals surface area contributed by atoms with Gasteiger partial charge in [-0.1, -0.05) is 13.8 Å². The highest BCUT2D eigenvalue weighted by Gasteiger charge is 2.35. The molecule has 1 unspecified atom stereocenters. The lowest BCUT2D eigenvalue weighted by Gasteiger charge is -2.40. The van der Waals surface area contributed by atoms with E-state index < -0.39 is 0 Å². The number of anilines is 1. The van der Waals surface area contributed by atoms with Crippen molar-refractivity contribution >= 4 is 11.6 Å². The number of nitrogen functional groups attached to an aromatic ring is 1. The molecular formula is C16H25N3O2. The normalized spacial score (nSPS) is 21.0. The number of ether oxygens (including phenoxy) is 1. The van der Waals surface area contributed by atoms with Crippen molar-refractivity contribution in [2.75, 3.05) is 12.3 Å². The number of nitrogens with two attached hydrogens (primary N) is 1. The lowest BCUT2D eigenvalue weighted by molar-refractivity contribution is -0.0917. The van der Waals surface area contributed by atoms with Crippen molar-refractivity contribution < 1.29 is 9.53 Å². The molecule has 5 nitrogen and oxygen atoms in total. The molecule has 1 aliphatic heterocycles. The van der Waals surface area contributed by atoms with Crippen molar-refractivity contribution in [1.82, 2.24) is 10.3 Å². The zero-order valence-electron chi connectivity index (χ0n) is 13.1. The van der Waals surface area contributed by atoms with Gasteiger partial charge < -0.3 is 15.8 Å². The van der Waals surface area contributed by atoms with Crippen LogP contribution in [-0.2, 0) is 4.74 Å². The van der Waals surface area contributed by atoms with E-state index in [1.807, 2.05) is 6.92 Å². The van der Waals surface area contributed by atoms with Gasteiger partial charge in [-0.25, -0.2) is 0 Å². The molecule has 1 aromatic heterocycles. The first-order valence-corrected chi connectivity index (χ1v) is 7.66. The third-order valence-corrected chi connectivity index (χ3v) is 4.47. The van der Waals surface area contributed by atoms with Crippen LogP contribution >= 0.6 is 0 Å². The van der Waals surface area contributed by atoms with Crippen LogP contribution in [0.2, 0.25) is 0 Å². The van der Waals surface area contributed by atoms with Crippen LogP contribution in [0.25, 0.3) is 0 Å². The standard InChI is InChI=1S/C16H25N3O2/c1-4-16(5-2)9-13(6-7-21-16)19-15(20)14-8-12(17)10-18-11(14)3/h8,10,13H,4-7,9,17H2,1-3H3,(H,19,20).